The molecule has 0 bridgehead atoms. The first-order valence-corrected chi connectivity index (χ1v) is 6.71. The number of aromatic nitrogens is 1. The molecule has 2 aromatic carbocycles. The Hall–Kier alpha value is -2.88. The molecule has 0 unspecified atom stereocenters. The lowest BCUT2D eigenvalue weighted by molar-refractivity contribution is 0.0951. The van der Waals surface area contributed by atoms with E-state index in [1.54, 1.807) is 24.3 Å². The van der Waals surface area contributed by atoms with Crippen molar-refractivity contribution in [2.24, 2.45) is 0 Å². The summed E-state index contributed by atoms with van der Waals surface area (Å²) in [7, 11) is 0. The van der Waals surface area contributed by atoms with Crippen LogP contribution in [0.4, 0.5) is 5.69 Å². The molecule has 0 fully saturated rings. The van der Waals surface area contributed by atoms with Crippen LogP contribution in [0, 0.1) is 0 Å². The number of benzene rings is 2. The van der Waals surface area contributed by atoms with Crippen molar-refractivity contribution in [2.75, 3.05) is 5.73 Å². The Morgan fingerprint density at radius 1 is 1.00 bits per heavy atom. The molecule has 0 aliphatic rings. The maximum atomic E-state index is 12.1. The summed E-state index contributed by atoms with van der Waals surface area (Å²) in [6.07, 6.45) is 0. The lowest BCUT2D eigenvalue weighted by atomic mass is 10.1. The zero-order valence-corrected chi connectivity index (χ0v) is 11.4. The second kappa shape index (κ2) is 5.63. The van der Waals surface area contributed by atoms with Gasteiger partial charge in [0.05, 0.1) is 23.3 Å². The van der Waals surface area contributed by atoms with Crippen molar-refractivity contribution in [3.63, 3.8) is 0 Å². The number of nitrogens with zero attached hydrogens (tertiary/aromatic N) is 1. The second-order valence-electron chi connectivity index (χ2n) is 4.77. The Labute approximate surface area is 122 Å². The van der Waals surface area contributed by atoms with E-state index >= 15 is 0 Å². The maximum absolute atomic E-state index is 12.1. The van der Waals surface area contributed by atoms with E-state index in [1.807, 2.05) is 36.4 Å². The quantitative estimate of drug-likeness (QED) is 0.723. The van der Waals surface area contributed by atoms with E-state index in [-0.39, 0.29) is 5.91 Å². The molecule has 0 saturated carbocycles. The summed E-state index contributed by atoms with van der Waals surface area (Å²) < 4.78 is 0. The van der Waals surface area contributed by atoms with Gasteiger partial charge < -0.3 is 11.1 Å². The number of carbonyl (C=O) groups is 1. The third-order valence-electron chi connectivity index (χ3n) is 3.29. The van der Waals surface area contributed by atoms with Gasteiger partial charge in [0.2, 0.25) is 0 Å². The second-order valence-corrected chi connectivity index (χ2v) is 4.77. The predicted octanol–water partition coefficient (Wildman–Crippen LogP) is 2.75. The fourth-order valence-corrected chi connectivity index (χ4v) is 2.18. The number of hydrogen-bond donors (Lipinski definition) is 2. The highest BCUT2D eigenvalue weighted by Gasteiger charge is 2.08. The third kappa shape index (κ3) is 2.84. The van der Waals surface area contributed by atoms with Crippen LogP contribution in [-0.4, -0.2) is 10.9 Å². The fourth-order valence-electron chi connectivity index (χ4n) is 2.18. The molecule has 21 heavy (non-hydrogen) atoms. The zero-order chi connectivity index (χ0) is 14.7. The molecular weight excluding hydrogens is 262 g/mol. The van der Waals surface area contributed by atoms with Gasteiger partial charge in [-0.2, -0.15) is 0 Å². The van der Waals surface area contributed by atoms with Crippen molar-refractivity contribution in [1.29, 1.82) is 0 Å². The van der Waals surface area contributed by atoms with Gasteiger partial charge in [-0.15, -0.1) is 0 Å². The maximum Gasteiger partial charge on any atom is 0.253 e. The Morgan fingerprint density at radius 3 is 2.62 bits per heavy atom. The molecular formula is C17H15N3O. The standard InChI is InChI=1S/C17H15N3O/c18-15-7-3-2-6-14(15)17(21)19-11-13-10-9-12-5-1-4-8-16(12)20-13/h1-10H,11,18H2,(H,19,21). The number of nitrogens with one attached hydrogen (secondary N) is 1. The van der Waals surface area contributed by atoms with Gasteiger partial charge in [0.25, 0.3) is 5.91 Å². The van der Waals surface area contributed by atoms with E-state index in [1.165, 1.54) is 0 Å². The van der Waals surface area contributed by atoms with Crippen LogP contribution >= 0.6 is 0 Å². The van der Waals surface area contributed by atoms with E-state index < -0.39 is 0 Å². The van der Waals surface area contributed by atoms with E-state index in [4.69, 9.17) is 5.73 Å². The Bertz CT molecular complexity index is 799. The first kappa shape index (κ1) is 13.1. The highest BCUT2D eigenvalue weighted by Crippen LogP contribution is 2.13. The van der Waals surface area contributed by atoms with Crippen molar-refractivity contribution in [3.05, 3.63) is 71.9 Å². The molecule has 0 aliphatic heterocycles. The van der Waals surface area contributed by atoms with Gasteiger partial charge in [0.15, 0.2) is 0 Å². The van der Waals surface area contributed by atoms with Crippen LogP contribution in [0.2, 0.25) is 0 Å². The Morgan fingerprint density at radius 2 is 1.76 bits per heavy atom. The van der Waals surface area contributed by atoms with Crippen molar-refractivity contribution in [2.45, 2.75) is 6.54 Å². The lowest BCUT2D eigenvalue weighted by Crippen LogP contribution is -2.24. The molecule has 0 atom stereocenters. The number of anilines is 1. The normalized spacial score (nSPS) is 10.5. The molecule has 3 aromatic rings. The van der Waals surface area contributed by atoms with Gasteiger partial charge in [-0.25, -0.2) is 0 Å². The predicted molar refractivity (Wildman–Crippen MR) is 83.8 cm³/mol. The van der Waals surface area contributed by atoms with Crippen LogP contribution in [0.3, 0.4) is 0 Å². The minimum absolute atomic E-state index is 0.192. The summed E-state index contributed by atoms with van der Waals surface area (Å²) in [5, 5.41) is 3.92. The van der Waals surface area contributed by atoms with Crippen molar-refractivity contribution in [3.8, 4) is 0 Å². The fraction of sp³-hybridized carbons (Fsp3) is 0.0588. The molecule has 0 spiro atoms. The number of hydrogen-bond acceptors (Lipinski definition) is 3. The van der Waals surface area contributed by atoms with Crippen LogP contribution in [-0.2, 0) is 6.54 Å². The van der Waals surface area contributed by atoms with E-state index in [9.17, 15) is 4.79 Å². The number of para-hydroxylation sites is 2. The Kier molecular flexibility index (Phi) is 3.51. The van der Waals surface area contributed by atoms with E-state index in [2.05, 4.69) is 10.3 Å². The Balaban J connectivity index is 1.74. The average molecular weight is 277 g/mol. The first-order chi connectivity index (χ1) is 10.2. The molecule has 1 heterocycles. The summed E-state index contributed by atoms with van der Waals surface area (Å²) >= 11 is 0. The molecule has 104 valence electrons. The monoisotopic (exact) mass is 277 g/mol. The number of nitrogens with two attached hydrogens (primary N) is 1. The number of carbonyl (C=O) groups excluding carboxylic acids is 1. The molecule has 0 saturated heterocycles. The number of nitrogen functional groups attached to an aromatic ring is 1. The number of pyridine rings is 1. The molecule has 0 radical (unpaired) electrons. The van der Waals surface area contributed by atoms with Gasteiger partial charge in [-0.05, 0) is 24.3 Å². The van der Waals surface area contributed by atoms with Crippen LogP contribution in [0.25, 0.3) is 10.9 Å². The smallest absolute Gasteiger partial charge is 0.253 e. The van der Waals surface area contributed by atoms with Crippen LogP contribution in [0.5, 0.6) is 0 Å². The first-order valence-electron chi connectivity index (χ1n) is 6.71. The highest BCUT2D eigenvalue weighted by molar-refractivity contribution is 5.99. The van der Waals surface area contributed by atoms with Gasteiger partial charge in [0, 0.05) is 11.1 Å². The van der Waals surface area contributed by atoms with Crippen LogP contribution in [0.15, 0.2) is 60.7 Å². The summed E-state index contributed by atoms with van der Waals surface area (Å²) in [4.78, 5) is 16.6. The average Bonchev–Trinajstić information content (AvgIpc) is 2.53. The van der Waals surface area contributed by atoms with Crippen molar-refractivity contribution in [1.82, 2.24) is 10.3 Å². The van der Waals surface area contributed by atoms with Gasteiger partial charge in [0.1, 0.15) is 0 Å². The van der Waals surface area contributed by atoms with E-state index in [0.717, 1.165) is 16.6 Å². The number of amides is 1. The lowest BCUT2D eigenvalue weighted by Gasteiger charge is -2.07. The van der Waals surface area contributed by atoms with Crippen LogP contribution < -0.4 is 11.1 Å². The summed E-state index contributed by atoms with van der Waals surface area (Å²) in [6.45, 7) is 0.373. The molecule has 1 aromatic heterocycles. The SMILES string of the molecule is Nc1ccccc1C(=O)NCc1ccc2ccccc2n1. The van der Waals surface area contributed by atoms with Gasteiger partial charge >= 0.3 is 0 Å². The minimum Gasteiger partial charge on any atom is -0.398 e. The minimum atomic E-state index is -0.192. The summed E-state index contributed by atoms with van der Waals surface area (Å²) in [6, 6.07) is 18.8. The molecule has 4 nitrogen and oxygen atoms in total. The largest absolute Gasteiger partial charge is 0.398 e. The van der Waals surface area contributed by atoms with Crippen molar-refractivity contribution < 1.29 is 4.79 Å². The zero-order valence-electron chi connectivity index (χ0n) is 11.4. The molecule has 1 amide bonds. The van der Waals surface area contributed by atoms with Gasteiger partial charge in [-0.1, -0.05) is 36.4 Å². The van der Waals surface area contributed by atoms with Crippen molar-refractivity contribution >= 4 is 22.5 Å². The highest BCUT2D eigenvalue weighted by atomic mass is 16.1. The summed E-state index contributed by atoms with van der Waals surface area (Å²) in [5.41, 5.74) is 8.48. The van der Waals surface area contributed by atoms with Gasteiger partial charge in [-0.3, -0.25) is 9.78 Å². The molecule has 3 rings (SSSR count). The molecule has 0 aliphatic carbocycles. The topological polar surface area (TPSA) is 68.0 Å². The summed E-state index contributed by atoms with van der Waals surface area (Å²) in [5.74, 6) is -0.192. The number of rotatable bonds is 3. The van der Waals surface area contributed by atoms with Crippen LogP contribution in [0.1, 0.15) is 16.1 Å². The molecule has 3 N–H and O–H groups in total. The number of fused-ring (bicyclic) bond motifs is 1. The third-order valence-corrected chi connectivity index (χ3v) is 3.29. The van der Waals surface area contributed by atoms with E-state index in [0.29, 0.717) is 17.8 Å². The molecule has 4 heteroatoms.